The van der Waals surface area contributed by atoms with E-state index in [9.17, 15) is 8.42 Å². The van der Waals surface area contributed by atoms with E-state index in [1.54, 1.807) is 0 Å². The molecule has 1 aromatic rings. The van der Waals surface area contributed by atoms with Crippen LogP contribution in [-0.2, 0) is 9.84 Å². The molecule has 1 aromatic heterocycles. The Labute approximate surface area is 118 Å². The van der Waals surface area contributed by atoms with Crippen molar-refractivity contribution in [3.63, 3.8) is 0 Å². The van der Waals surface area contributed by atoms with Gasteiger partial charge in [-0.3, -0.25) is 5.43 Å². The van der Waals surface area contributed by atoms with Crippen molar-refractivity contribution in [3.05, 3.63) is 0 Å². The molecule has 0 amide bonds. The third kappa shape index (κ3) is 5.13. The molecule has 114 valence electrons. The Hall–Kier alpha value is -1.68. The zero-order valence-electron chi connectivity index (χ0n) is 11.9. The van der Waals surface area contributed by atoms with Crippen LogP contribution < -0.4 is 21.5 Å². The van der Waals surface area contributed by atoms with E-state index in [0.29, 0.717) is 11.9 Å². The topological polar surface area (TPSA) is 126 Å². The molecular formula is C10H21N7O2S. The van der Waals surface area contributed by atoms with Crippen LogP contribution in [0.25, 0.3) is 0 Å². The van der Waals surface area contributed by atoms with Crippen LogP contribution in [0.5, 0.6) is 0 Å². The number of hydrazine groups is 1. The van der Waals surface area contributed by atoms with Gasteiger partial charge in [-0.15, -0.1) is 0 Å². The molecule has 1 rings (SSSR count). The zero-order valence-corrected chi connectivity index (χ0v) is 12.7. The van der Waals surface area contributed by atoms with Gasteiger partial charge in [0.05, 0.1) is 5.75 Å². The molecule has 0 aliphatic carbocycles. The van der Waals surface area contributed by atoms with Crippen molar-refractivity contribution >= 4 is 27.7 Å². The summed E-state index contributed by atoms with van der Waals surface area (Å²) < 4.78 is 22.2. The summed E-state index contributed by atoms with van der Waals surface area (Å²) in [5.74, 6) is 6.33. The van der Waals surface area contributed by atoms with E-state index in [0.717, 1.165) is 13.1 Å². The molecule has 20 heavy (non-hydrogen) atoms. The molecule has 0 atom stereocenters. The van der Waals surface area contributed by atoms with Gasteiger partial charge < -0.3 is 10.2 Å². The van der Waals surface area contributed by atoms with Gasteiger partial charge in [0.15, 0.2) is 0 Å². The first kappa shape index (κ1) is 16.4. The maximum absolute atomic E-state index is 11.1. The molecule has 4 N–H and O–H groups in total. The van der Waals surface area contributed by atoms with Crippen molar-refractivity contribution in [1.82, 2.24) is 15.0 Å². The number of aromatic nitrogens is 3. The molecule has 0 aromatic carbocycles. The second-order valence-corrected chi connectivity index (χ2v) is 6.42. The van der Waals surface area contributed by atoms with Gasteiger partial charge in [0.25, 0.3) is 0 Å². The maximum Gasteiger partial charge on any atom is 0.243 e. The highest BCUT2D eigenvalue weighted by Gasteiger charge is 2.11. The highest BCUT2D eigenvalue weighted by Crippen LogP contribution is 2.12. The molecule has 1 heterocycles. The van der Waals surface area contributed by atoms with Gasteiger partial charge in [0.1, 0.15) is 9.84 Å². The lowest BCUT2D eigenvalue weighted by molar-refractivity contribution is 0.602. The number of rotatable bonds is 8. The first-order valence-electron chi connectivity index (χ1n) is 6.28. The van der Waals surface area contributed by atoms with Gasteiger partial charge in [-0.2, -0.15) is 15.0 Å². The molecule has 0 radical (unpaired) electrons. The lowest BCUT2D eigenvalue weighted by atomic mass is 10.5. The molecular weight excluding hydrogens is 282 g/mol. The van der Waals surface area contributed by atoms with E-state index in [-0.39, 0.29) is 18.2 Å². The second-order valence-electron chi connectivity index (χ2n) is 4.16. The molecule has 10 heteroatoms. The Bertz CT molecular complexity index is 530. The lowest BCUT2D eigenvalue weighted by Gasteiger charge is -2.19. The molecule has 0 unspecified atom stereocenters. The third-order valence-corrected chi connectivity index (χ3v) is 3.50. The van der Waals surface area contributed by atoms with Crippen LogP contribution in [0.2, 0.25) is 0 Å². The van der Waals surface area contributed by atoms with Crippen LogP contribution in [-0.4, -0.2) is 55.0 Å². The lowest BCUT2D eigenvalue weighted by Crippen LogP contribution is -2.26. The minimum Gasteiger partial charge on any atom is -0.353 e. The highest BCUT2D eigenvalue weighted by molar-refractivity contribution is 7.90. The van der Waals surface area contributed by atoms with Gasteiger partial charge in [-0.1, -0.05) is 0 Å². The standard InChI is InChI=1S/C10H21N7O2S/c1-4-17(5-2)10-14-8(13-9(15-10)16-11)12-6-7-20(3,18)19/h4-7,11H2,1-3H3,(H2,12,13,14,15,16). The summed E-state index contributed by atoms with van der Waals surface area (Å²) in [6, 6.07) is 0. The normalized spacial score (nSPS) is 11.2. The Morgan fingerprint density at radius 1 is 1.15 bits per heavy atom. The van der Waals surface area contributed by atoms with E-state index in [1.807, 2.05) is 18.7 Å². The fraction of sp³-hybridized carbons (Fsp3) is 0.700. The van der Waals surface area contributed by atoms with Gasteiger partial charge in [0, 0.05) is 25.9 Å². The summed E-state index contributed by atoms with van der Waals surface area (Å²) >= 11 is 0. The Morgan fingerprint density at radius 3 is 2.25 bits per heavy atom. The number of anilines is 3. The zero-order chi connectivity index (χ0) is 15.2. The fourth-order valence-electron chi connectivity index (χ4n) is 1.50. The quantitative estimate of drug-likeness (QED) is 0.428. The highest BCUT2D eigenvalue weighted by atomic mass is 32.2. The minimum absolute atomic E-state index is 0.00464. The van der Waals surface area contributed by atoms with Crippen LogP contribution in [0.1, 0.15) is 13.8 Å². The average Bonchev–Trinajstić information content (AvgIpc) is 2.38. The van der Waals surface area contributed by atoms with Gasteiger partial charge in [-0.05, 0) is 13.8 Å². The second kappa shape index (κ2) is 7.20. The Kier molecular flexibility index (Phi) is 5.89. The summed E-state index contributed by atoms with van der Waals surface area (Å²) in [6.07, 6.45) is 1.18. The molecule has 0 bridgehead atoms. The summed E-state index contributed by atoms with van der Waals surface area (Å²) in [5, 5.41) is 2.86. The molecule has 0 aliphatic rings. The molecule has 0 saturated heterocycles. The molecule has 0 fully saturated rings. The van der Waals surface area contributed by atoms with E-state index in [4.69, 9.17) is 5.84 Å². The van der Waals surface area contributed by atoms with Crippen molar-refractivity contribution in [1.29, 1.82) is 0 Å². The maximum atomic E-state index is 11.1. The number of sulfone groups is 1. The SMILES string of the molecule is CCN(CC)c1nc(NN)nc(NCCS(C)(=O)=O)n1. The number of nitrogens with two attached hydrogens (primary N) is 1. The van der Waals surface area contributed by atoms with E-state index in [1.165, 1.54) is 6.26 Å². The number of nitrogens with zero attached hydrogens (tertiary/aromatic N) is 4. The van der Waals surface area contributed by atoms with Crippen LogP contribution in [0.3, 0.4) is 0 Å². The van der Waals surface area contributed by atoms with Crippen LogP contribution in [0, 0.1) is 0 Å². The van der Waals surface area contributed by atoms with Crippen LogP contribution in [0.15, 0.2) is 0 Å². The number of nitrogens with one attached hydrogen (secondary N) is 2. The van der Waals surface area contributed by atoms with Gasteiger partial charge in [0.2, 0.25) is 17.8 Å². The van der Waals surface area contributed by atoms with Crippen molar-refractivity contribution in [2.24, 2.45) is 5.84 Å². The molecule has 0 saturated carbocycles. The predicted molar refractivity (Wildman–Crippen MR) is 79.4 cm³/mol. The smallest absolute Gasteiger partial charge is 0.243 e. The molecule has 9 nitrogen and oxygen atoms in total. The molecule has 0 spiro atoms. The van der Waals surface area contributed by atoms with Crippen LogP contribution >= 0.6 is 0 Å². The van der Waals surface area contributed by atoms with E-state index in [2.05, 4.69) is 25.7 Å². The van der Waals surface area contributed by atoms with Gasteiger partial charge >= 0.3 is 0 Å². The van der Waals surface area contributed by atoms with Crippen molar-refractivity contribution < 1.29 is 8.42 Å². The van der Waals surface area contributed by atoms with Gasteiger partial charge in [-0.25, -0.2) is 14.3 Å². The average molecular weight is 303 g/mol. The molecule has 0 aliphatic heterocycles. The first-order valence-corrected chi connectivity index (χ1v) is 8.34. The number of hydrogen-bond donors (Lipinski definition) is 3. The minimum atomic E-state index is -3.03. The summed E-state index contributed by atoms with van der Waals surface area (Å²) in [7, 11) is -3.03. The summed E-state index contributed by atoms with van der Waals surface area (Å²) in [4.78, 5) is 14.4. The number of nitrogen functional groups attached to an aromatic ring is 1. The van der Waals surface area contributed by atoms with Crippen molar-refractivity contribution in [2.75, 3.05) is 47.3 Å². The Morgan fingerprint density at radius 2 is 1.75 bits per heavy atom. The monoisotopic (exact) mass is 303 g/mol. The summed E-state index contributed by atoms with van der Waals surface area (Å²) in [6.45, 7) is 5.68. The first-order chi connectivity index (χ1) is 9.39. The fourth-order valence-corrected chi connectivity index (χ4v) is 1.98. The van der Waals surface area contributed by atoms with E-state index < -0.39 is 9.84 Å². The largest absolute Gasteiger partial charge is 0.353 e. The van der Waals surface area contributed by atoms with Crippen molar-refractivity contribution in [2.45, 2.75) is 13.8 Å². The van der Waals surface area contributed by atoms with Crippen LogP contribution in [0.4, 0.5) is 17.8 Å². The van der Waals surface area contributed by atoms with E-state index >= 15 is 0 Å². The predicted octanol–water partition coefficient (Wildman–Crippen LogP) is -0.540. The van der Waals surface area contributed by atoms with Crippen molar-refractivity contribution in [3.8, 4) is 0 Å². The third-order valence-electron chi connectivity index (χ3n) is 2.55. The number of hydrogen-bond acceptors (Lipinski definition) is 9. The summed E-state index contributed by atoms with van der Waals surface area (Å²) in [5.41, 5.74) is 2.37. The Balaban J connectivity index is 2.87.